The molecule has 0 bridgehead atoms. The Balaban J connectivity index is 1.93. The van der Waals surface area contributed by atoms with Crippen molar-refractivity contribution in [1.29, 1.82) is 0 Å². The molecule has 0 unspecified atom stereocenters. The lowest BCUT2D eigenvalue weighted by molar-refractivity contribution is 0.0634. The smallest absolute Gasteiger partial charge is 0.289 e. The van der Waals surface area contributed by atoms with Gasteiger partial charge < -0.3 is 14.2 Å². The van der Waals surface area contributed by atoms with Gasteiger partial charge in [-0.3, -0.25) is 4.79 Å². The van der Waals surface area contributed by atoms with Crippen LogP contribution in [0, 0.1) is 13.8 Å². The molecule has 3 rings (SSSR count). The lowest BCUT2D eigenvalue weighted by Crippen LogP contribution is -2.47. The number of likely N-dealkylation sites (N-methyl/N-ethyl adjacent to an activating group) is 1. The molecule has 1 aromatic heterocycles. The van der Waals surface area contributed by atoms with Crippen LogP contribution in [0.1, 0.15) is 21.7 Å². The summed E-state index contributed by atoms with van der Waals surface area (Å²) in [4.78, 5) is 16.7. The Morgan fingerprint density at radius 2 is 1.85 bits per heavy atom. The van der Waals surface area contributed by atoms with Gasteiger partial charge in [-0.1, -0.05) is 11.6 Å². The van der Waals surface area contributed by atoms with Gasteiger partial charge in [0.25, 0.3) is 5.91 Å². The summed E-state index contributed by atoms with van der Waals surface area (Å²) in [6, 6.07) is 6.03. The van der Waals surface area contributed by atoms with E-state index in [1.54, 1.807) is 0 Å². The van der Waals surface area contributed by atoms with Crippen LogP contribution in [0.5, 0.6) is 0 Å². The van der Waals surface area contributed by atoms with Crippen LogP contribution in [0.3, 0.4) is 0 Å². The number of piperazine rings is 1. The number of nitrogens with zero attached hydrogens (tertiary/aromatic N) is 2. The van der Waals surface area contributed by atoms with Gasteiger partial charge in [-0.15, -0.1) is 0 Å². The molecular weight excluding hydrogens is 252 g/mol. The quantitative estimate of drug-likeness (QED) is 0.800. The summed E-state index contributed by atoms with van der Waals surface area (Å²) in [6.07, 6.45) is 0. The summed E-state index contributed by atoms with van der Waals surface area (Å²) in [6.45, 7) is 7.40. The first kappa shape index (κ1) is 13.2. The Kier molecular flexibility index (Phi) is 3.26. The van der Waals surface area contributed by atoms with Crippen LogP contribution < -0.4 is 0 Å². The fraction of sp³-hybridized carbons (Fsp3) is 0.438. The number of carbonyl (C=O) groups excluding carboxylic acids is 1. The van der Waals surface area contributed by atoms with Crippen LogP contribution in [0.15, 0.2) is 22.6 Å². The third kappa shape index (κ3) is 2.20. The molecule has 0 atom stereocenters. The van der Waals surface area contributed by atoms with Crippen LogP contribution >= 0.6 is 0 Å². The molecule has 0 aliphatic carbocycles. The van der Waals surface area contributed by atoms with Crippen molar-refractivity contribution in [3.63, 3.8) is 0 Å². The van der Waals surface area contributed by atoms with Crippen LogP contribution in [0.2, 0.25) is 0 Å². The lowest BCUT2D eigenvalue weighted by Gasteiger charge is -2.31. The van der Waals surface area contributed by atoms with Crippen molar-refractivity contribution in [2.75, 3.05) is 33.2 Å². The minimum Gasteiger partial charge on any atom is -0.451 e. The second kappa shape index (κ2) is 4.94. The van der Waals surface area contributed by atoms with Crippen molar-refractivity contribution in [1.82, 2.24) is 9.80 Å². The highest BCUT2D eigenvalue weighted by atomic mass is 16.3. The number of fused-ring (bicyclic) bond motifs is 1. The molecule has 0 spiro atoms. The van der Waals surface area contributed by atoms with Crippen molar-refractivity contribution in [3.05, 3.63) is 35.1 Å². The molecule has 2 heterocycles. The predicted molar refractivity (Wildman–Crippen MR) is 79.1 cm³/mol. The number of carbonyl (C=O) groups is 1. The van der Waals surface area contributed by atoms with E-state index in [0.29, 0.717) is 5.76 Å². The largest absolute Gasteiger partial charge is 0.451 e. The third-order valence-corrected chi connectivity index (χ3v) is 4.08. The number of furan rings is 1. The highest BCUT2D eigenvalue weighted by Gasteiger charge is 2.25. The van der Waals surface area contributed by atoms with E-state index in [2.05, 4.69) is 18.0 Å². The molecule has 1 fully saturated rings. The summed E-state index contributed by atoms with van der Waals surface area (Å²) < 4.78 is 5.79. The number of amides is 1. The molecule has 0 saturated carbocycles. The van der Waals surface area contributed by atoms with Gasteiger partial charge in [0.05, 0.1) is 0 Å². The molecule has 1 amide bonds. The van der Waals surface area contributed by atoms with Crippen molar-refractivity contribution < 1.29 is 9.21 Å². The standard InChI is InChI=1S/C16H20N2O2/c1-11-4-5-14-13(10-11)12(2)15(20-14)16(19)18-8-6-17(3)7-9-18/h4-5,10H,6-9H2,1-3H3. The molecule has 4 nitrogen and oxygen atoms in total. The minimum absolute atomic E-state index is 0.0180. The van der Waals surface area contributed by atoms with Gasteiger partial charge in [0, 0.05) is 37.1 Å². The average Bonchev–Trinajstić information content (AvgIpc) is 2.76. The molecule has 1 saturated heterocycles. The van der Waals surface area contributed by atoms with Crippen molar-refractivity contribution >= 4 is 16.9 Å². The Morgan fingerprint density at radius 3 is 2.55 bits per heavy atom. The van der Waals surface area contributed by atoms with Gasteiger partial charge in [-0.05, 0) is 33.0 Å². The van der Waals surface area contributed by atoms with E-state index in [-0.39, 0.29) is 5.91 Å². The molecular formula is C16H20N2O2. The van der Waals surface area contributed by atoms with Crippen molar-refractivity contribution in [2.45, 2.75) is 13.8 Å². The fourth-order valence-corrected chi connectivity index (χ4v) is 2.69. The second-order valence-corrected chi connectivity index (χ2v) is 5.65. The monoisotopic (exact) mass is 272 g/mol. The first-order chi connectivity index (χ1) is 9.56. The van der Waals surface area contributed by atoms with Crippen LogP contribution in [0.4, 0.5) is 0 Å². The van der Waals surface area contributed by atoms with E-state index < -0.39 is 0 Å². The maximum atomic E-state index is 12.6. The summed E-state index contributed by atoms with van der Waals surface area (Å²) in [5, 5.41) is 1.04. The highest BCUT2D eigenvalue weighted by molar-refractivity contribution is 5.99. The van der Waals surface area contributed by atoms with E-state index >= 15 is 0 Å². The summed E-state index contributed by atoms with van der Waals surface area (Å²) >= 11 is 0. The van der Waals surface area contributed by atoms with Gasteiger partial charge >= 0.3 is 0 Å². The summed E-state index contributed by atoms with van der Waals surface area (Å²) in [7, 11) is 2.08. The normalized spacial score (nSPS) is 16.9. The summed E-state index contributed by atoms with van der Waals surface area (Å²) in [5.41, 5.74) is 2.93. The zero-order chi connectivity index (χ0) is 14.3. The van der Waals surface area contributed by atoms with Crippen LogP contribution in [-0.2, 0) is 0 Å². The molecule has 1 aliphatic rings. The molecule has 1 aromatic carbocycles. The minimum atomic E-state index is 0.0180. The average molecular weight is 272 g/mol. The molecule has 0 N–H and O–H groups in total. The Bertz CT molecular complexity index is 652. The van der Waals surface area contributed by atoms with Gasteiger partial charge in [0.2, 0.25) is 0 Å². The summed E-state index contributed by atoms with van der Waals surface area (Å²) in [5.74, 6) is 0.514. The molecule has 20 heavy (non-hydrogen) atoms. The lowest BCUT2D eigenvalue weighted by atomic mass is 10.1. The number of hydrogen-bond donors (Lipinski definition) is 0. The zero-order valence-electron chi connectivity index (χ0n) is 12.3. The Morgan fingerprint density at radius 1 is 1.15 bits per heavy atom. The van der Waals surface area contributed by atoms with Gasteiger partial charge in [0.15, 0.2) is 5.76 Å². The zero-order valence-corrected chi connectivity index (χ0v) is 12.3. The Labute approximate surface area is 119 Å². The van der Waals surface area contributed by atoms with Gasteiger partial charge in [-0.25, -0.2) is 0 Å². The molecule has 4 heteroatoms. The molecule has 106 valence electrons. The van der Waals surface area contributed by atoms with Gasteiger partial charge in [0.1, 0.15) is 5.58 Å². The number of aryl methyl sites for hydroxylation is 2. The van der Waals surface area contributed by atoms with E-state index in [1.807, 2.05) is 30.9 Å². The molecule has 2 aromatic rings. The first-order valence-electron chi connectivity index (χ1n) is 7.04. The second-order valence-electron chi connectivity index (χ2n) is 5.65. The number of rotatable bonds is 1. The predicted octanol–water partition coefficient (Wildman–Crippen LogP) is 2.44. The Hall–Kier alpha value is -1.81. The van der Waals surface area contributed by atoms with Gasteiger partial charge in [-0.2, -0.15) is 0 Å². The fourth-order valence-electron chi connectivity index (χ4n) is 2.69. The highest BCUT2D eigenvalue weighted by Crippen LogP contribution is 2.27. The molecule has 1 aliphatic heterocycles. The van der Waals surface area contributed by atoms with Crippen LogP contribution in [0.25, 0.3) is 11.0 Å². The van der Waals surface area contributed by atoms with E-state index in [1.165, 1.54) is 5.56 Å². The van der Waals surface area contributed by atoms with E-state index in [0.717, 1.165) is 42.7 Å². The number of hydrogen-bond acceptors (Lipinski definition) is 3. The maximum absolute atomic E-state index is 12.6. The van der Waals surface area contributed by atoms with E-state index in [9.17, 15) is 4.79 Å². The topological polar surface area (TPSA) is 36.7 Å². The SMILES string of the molecule is Cc1ccc2oc(C(=O)N3CCN(C)CC3)c(C)c2c1. The van der Waals surface area contributed by atoms with E-state index in [4.69, 9.17) is 4.42 Å². The third-order valence-electron chi connectivity index (χ3n) is 4.08. The number of benzene rings is 1. The van der Waals surface area contributed by atoms with Crippen molar-refractivity contribution in [2.24, 2.45) is 0 Å². The first-order valence-corrected chi connectivity index (χ1v) is 7.04. The van der Waals surface area contributed by atoms with Crippen LogP contribution in [-0.4, -0.2) is 48.9 Å². The van der Waals surface area contributed by atoms with Crippen molar-refractivity contribution in [3.8, 4) is 0 Å². The maximum Gasteiger partial charge on any atom is 0.289 e. The molecule has 0 radical (unpaired) electrons.